The smallest absolute Gasteiger partial charge is 0.0985 e. The number of aromatic nitrogens is 2. The molecule has 0 saturated heterocycles. The van der Waals surface area contributed by atoms with Gasteiger partial charge in [0, 0.05) is 16.3 Å². The summed E-state index contributed by atoms with van der Waals surface area (Å²) in [6, 6.07) is 4.05. The van der Waals surface area contributed by atoms with Gasteiger partial charge in [0.2, 0.25) is 0 Å². The number of nitrogens with one attached hydrogen (secondary N) is 1. The molecule has 0 fully saturated rings. The van der Waals surface area contributed by atoms with Crippen molar-refractivity contribution in [2.24, 2.45) is 5.84 Å². The average molecular weight is 285 g/mol. The lowest BCUT2D eigenvalue weighted by molar-refractivity contribution is 0.524. The number of halogens is 1. The number of rotatable bonds is 5. The highest BCUT2D eigenvalue weighted by Gasteiger charge is 2.22. The lowest BCUT2D eigenvalue weighted by Gasteiger charge is -2.17. The standard InChI is InChI=1S/C12H17ClN4S/c1-3-6-17-12(9(13)7-15-17)11(16-14)10-5-4-8(2)18-10/h4-5,7,11,16H,3,6,14H2,1-2H3. The van der Waals surface area contributed by atoms with Crippen LogP contribution < -0.4 is 11.3 Å². The summed E-state index contributed by atoms with van der Waals surface area (Å²) in [5, 5.41) is 4.95. The Morgan fingerprint density at radius 3 is 2.89 bits per heavy atom. The van der Waals surface area contributed by atoms with Crippen molar-refractivity contribution in [1.82, 2.24) is 15.2 Å². The first-order chi connectivity index (χ1) is 8.67. The van der Waals surface area contributed by atoms with Crippen LogP contribution in [0.2, 0.25) is 5.02 Å². The van der Waals surface area contributed by atoms with E-state index in [4.69, 9.17) is 17.4 Å². The monoisotopic (exact) mass is 284 g/mol. The Labute approximate surface area is 116 Å². The van der Waals surface area contributed by atoms with Crippen molar-refractivity contribution in [2.45, 2.75) is 32.9 Å². The van der Waals surface area contributed by atoms with Crippen LogP contribution in [0.3, 0.4) is 0 Å². The maximum absolute atomic E-state index is 6.24. The minimum atomic E-state index is -0.106. The third kappa shape index (κ3) is 2.59. The van der Waals surface area contributed by atoms with Gasteiger partial charge >= 0.3 is 0 Å². The Balaban J connectivity index is 2.41. The molecule has 0 radical (unpaired) electrons. The van der Waals surface area contributed by atoms with Gasteiger partial charge in [-0.25, -0.2) is 5.43 Å². The molecule has 0 aliphatic carbocycles. The topological polar surface area (TPSA) is 55.9 Å². The van der Waals surface area contributed by atoms with Gasteiger partial charge in [-0.2, -0.15) is 5.10 Å². The molecule has 2 aromatic rings. The summed E-state index contributed by atoms with van der Waals surface area (Å²) < 4.78 is 1.92. The zero-order chi connectivity index (χ0) is 13.1. The van der Waals surface area contributed by atoms with Gasteiger partial charge in [0.15, 0.2) is 0 Å². The van der Waals surface area contributed by atoms with E-state index >= 15 is 0 Å². The number of hydrogen-bond acceptors (Lipinski definition) is 4. The van der Waals surface area contributed by atoms with Crippen LogP contribution in [0.1, 0.15) is 34.8 Å². The zero-order valence-corrected chi connectivity index (χ0v) is 12.1. The van der Waals surface area contributed by atoms with Gasteiger partial charge in [-0.3, -0.25) is 10.5 Å². The molecule has 0 aromatic carbocycles. The van der Waals surface area contributed by atoms with Crippen LogP contribution in [0.15, 0.2) is 18.3 Å². The second-order valence-electron chi connectivity index (χ2n) is 4.15. The molecule has 4 nitrogen and oxygen atoms in total. The molecule has 6 heteroatoms. The fraction of sp³-hybridized carbons (Fsp3) is 0.417. The quantitative estimate of drug-likeness (QED) is 0.656. The Hall–Kier alpha value is -0.880. The molecule has 2 heterocycles. The summed E-state index contributed by atoms with van der Waals surface area (Å²) in [5.41, 5.74) is 3.77. The Kier molecular flexibility index (Phi) is 4.40. The van der Waals surface area contributed by atoms with Crippen molar-refractivity contribution in [1.29, 1.82) is 0 Å². The molecular formula is C12H17ClN4S. The molecule has 0 saturated carbocycles. The molecule has 0 aliphatic heterocycles. The summed E-state index contributed by atoms with van der Waals surface area (Å²) in [6.07, 6.45) is 2.68. The van der Waals surface area contributed by atoms with Crippen molar-refractivity contribution in [3.05, 3.63) is 38.8 Å². The van der Waals surface area contributed by atoms with Gasteiger partial charge < -0.3 is 0 Å². The molecule has 1 unspecified atom stereocenters. The van der Waals surface area contributed by atoms with Crippen molar-refractivity contribution < 1.29 is 0 Å². The molecule has 18 heavy (non-hydrogen) atoms. The van der Waals surface area contributed by atoms with Crippen LogP contribution in [0.4, 0.5) is 0 Å². The van der Waals surface area contributed by atoms with Crippen LogP contribution in [0.5, 0.6) is 0 Å². The van der Waals surface area contributed by atoms with Crippen LogP contribution in [-0.2, 0) is 6.54 Å². The molecule has 2 rings (SSSR count). The highest BCUT2D eigenvalue weighted by molar-refractivity contribution is 7.12. The van der Waals surface area contributed by atoms with Crippen molar-refractivity contribution in [3.8, 4) is 0 Å². The normalized spacial score (nSPS) is 12.9. The van der Waals surface area contributed by atoms with Crippen molar-refractivity contribution >= 4 is 22.9 Å². The second-order valence-corrected chi connectivity index (χ2v) is 5.88. The third-order valence-electron chi connectivity index (χ3n) is 2.75. The Morgan fingerprint density at radius 2 is 2.33 bits per heavy atom. The molecule has 3 N–H and O–H groups in total. The van der Waals surface area contributed by atoms with Gasteiger partial charge in [-0.15, -0.1) is 11.3 Å². The van der Waals surface area contributed by atoms with Gasteiger partial charge in [-0.05, 0) is 25.5 Å². The fourth-order valence-electron chi connectivity index (χ4n) is 1.95. The molecule has 0 aliphatic rings. The number of nitrogens with two attached hydrogens (primary N) is 1. The largest absolute Gasteiger partial charge is 0.270 e. The van der Waals surface area contributed by atoms with E-state index in [1.807, 2.05) is 4.68 Å². The van der Waals surface area contributed by atoms with E-state index in [0.29, 0.717) is 5.02 Å². The number of nitrogens with zero attached hydrogens (tertiary/aromatic N) is 2. The van der Waals surface area contributed by atoms with E-state index in [9.17, 15) is 0 Å². The fourth-order valence-corrected chi connectivity index (χ4v) is 3.15. The summed E-state index contributed by atoms with van der Waals surface area (Å²) in [5.74, 6) is 5.70. The predicted molar refractivity (Wildman–Crippen MR) is 75.8 cm³/mol. The summed E-state index contributed by atoms with van der Waals surface area (Å²) in [7, 11) is 0. The summed E-state index contributed by atoms with van der Waals surface area (Å²) >= 11 is 7.95. The zero-order valence-electron chi connectivity index (χ0n) is 10.5. The van der Waals surface area contributed by atoms with Crippen LogP contribution in [-0.4, -0.2) is 9.78 Å². The summed E-state index contributed by atoms with van der Waals surface area (Å²) in [4.78, 5) is 2.40. The third-order valence-corrected chi connectivity index (χ3v) is 4.11. The molecular weight excluding hydrogens is 268 g/mol. The Morgan fingerprint density at radius 1 is 1.56 bits per heavy atom. The first-order valence-corrected chi connectivity index (χ1v) is 7.10. The van der Waals surface area contributed by atoms with Gasteiger partial charge in [0.05, 0.1) is 23.0 Å². The summed E-state index contributed by atoms with van der Waals surface area (Å²) in [6.45, 7) is 5.02. The minimum absolute atomic E-state index is 0.106. The molecule has 0 amide bonds. The van der Waals surface area contributed by atoms with Crippen LogP contribution in [0, 0.1) is 6.92 Å². The van der Waals surface area contributed by atoms with E-state index in [1.54, 1.807) is 17.5 Å². The molecule has 1 atom stereocenters. The van der Waals surface area contributed by atoms with Gasteiger partial charge in [-0.1, -0.05) is 18.5 Å². The average Bonchev–Trinajstić information content (AvgIpc) is 2.91. The van der Waals surface area contributed by atoms with Crippen molar-refractivity contribution in [2.75, 3.05) is 0 Å². The van der Waals surface area contributed by atoms with Crippen molar-refractivity contribution in [3.63, 3.8) is 0 Å². The number of aryl methyl sites for hydroxylation is 2. The van der Waals surface area contributed by atoms with E-state index in [2.05, 4.69) is 36.5 Å². The maximum atomic E-state index is 6.24. The van der Waals surface area contributed by atoms with E-state index < -0.39 is 0 Å². The number of thiophene rings is 1. The Bertz CT molecular complexity index is 520. The molecule has 0 bridgehead atoms. The first kappa shape index (κ1) is 13.5. The second kappa shape index (κ2) is 5.84. The highest BCUT2D eigenvalue weighted by Crippen LogP contribution is 2.31. The number of hydrazine groups is 1. The molecule has 2 aromatic heterocycles. The van der Waals surface area contributed by atoms with Crippen LogP contribution >= 0.6 is 22.9 Å². The van der Waals surface area contributed by atoms with E-state index in [-0.39, 0.29) is 6.04 Å². The maximum Gasteiger partial charge on any atom is 0.0985 e. The minimum Gasteiger partial charge on any atom is -0.270 e. The lowest BCUT2D eigenvalue weighted by atomic mass is 10.2. The highest BCUT2D eigenvalue weighted by atomic mass is 35.5. The van der Waals surface area contributed by atoms with E-state index in [0.717, 1.165) is 23.5 Å². The SMILES string of the molecule is CCCn1ncc(Cl)c1C(NN)c1ccc(C)s1. The predicted octanol–water partition coefficient (Wildman–Crippen LogP) is 2.87. The van der Waals surface area contributed by atoms with Gasteiger partial charge in [0.1, 0.15) is 0 Å². The molecule has 0 spiro atoms. The molecule has 98 valence electrons. The first-order valence-electron chi connectivity index (χ1n) is 5.91. The lowest BCUT2D eigenvalue weighted by Crippen LogP contribution is -2.30. The van der Waals surface area contributed by atoms with Gasteiger partial charge in [0.25, 0.3) is 0 Å². The van der Waals surface area contributed by atoms with E-state index in [1.165, 1.54) is 4.88 Å². The number of hydrogen-bond donors (Lipinski definition) is 2. The van der Waals surface area contributed by atoms with Crippen LogP contribution in [0.25, 0.3) is 0 Å².